The quantitative estimate of drug-likeness (QED) is 0.607. The van der Waals surface area contributed by atoms with Gasteiger partial charge in [-0.15, -0.1) is 0 Å². The molecule has 0 aliphatic carbocycles. The standard InChI is InChI=1S/C21H32O7/c1-6-21(25)19(24)16(23)15(9-22)27-20(21)28-17-11(3)12(4)18-14(13(17)5)8-7-10(2)26-18/h10,15-16,19-20,22-25H,6-9H2,1-5H3/t10?,15-,16-,19+,20-,21-/m1/s1. The molecule has 7 nitrogen and oxygen atoms in total. The Bertz CT molecular complexity index is 734. The summed E-state index contributed by atoms with van der Waals surface area (Å²) in [6, 6.07) is 0. The molecule has 6 atom stereocenters. The summed E-state index contributed by atoms with van der Waals surface area (Å²) in [4.78, 5) is 0. The second-order valence-electron chi connectivity index (χ2n) is 8.07. The van der Waals surface area contributed by atoms with Crippen molar-refractivity contribution >= 4 is 0 Å². The molecule has 2 aliphatic heterocycles. The van der Waals surface area contributed by atoms with Crippen LogP contribution >= 0.6 is 0 Å². The first-order valence-electron chi connectivity index (χ1n) is 9.96. The van der Waals surface area contributed by atoms with Crippen LogP contribution in [-0.2, 0) is 11.2 Å². The van der Waals surface area contributed by atoms with Crippen LogP contribution in [0.1, 0.15) is 48.9 Å². The maximum Gasteiger partial charge on any atom is 0.232 e. The van der Waals surface area contributed by atoms with Gasteiger partial charge in [-0.1, -0.05) is 6.92 Å². The summed E-state index contributed by atoms with van der Waals surface area (Å²) >= 11 is 0. The Morgan fingerprint density at radius 1 is 1.14 bits per heavy atom. The Hall–Kier alpha value is -1.38. The molecule has 7 heteroatoms. The van der Waals surface area contributed by atoms with Crippen LogP contribution in [-0.4, -0.2) is 63.3 Å². The molecule has 1 saturated heterocycles. The van der Waals surface area contributed by atoms with Gasteiger partial charge in [0.1, 0.15) is 29.8 Å². The van der Waals surface area contributed by atoms with Crippen LogP contribution in [0.3, 0.4) is 0 Å². The fourth-order valence-corrected chi connectivity index (χ4v) is 4.16. The molecule has 0 aromatic heterocycles. The van der Waals surface area contributed by atoms with Gasteiger partial charge in [-0.2, -0.15) is 0 Å². The van der Waals surface area contributed by atoms with E-state index >= 15 is 0 Å². The van der Waals surface area contributed by atoms with Crippen molar-refractivity contribution < 1.29 is 34.6 Å². The molecule has 0 saturated carbocycles. The lowest BCUT2D eigenvalue weighted by atomic mass is 9.84. The van der Waals surface area contributed by atoms with Crippen LogP contribution in [0.4, 0.5) is 0 Å². The van der Waals surface area contributed by atoms with Gasteiger partial charge < -0.3 is 34.6 Å². The van der Waals surface area contributed by atoms with E-state index in [9.17, 15) is 20.4 Å². The van der Waals surface area contributed by atoms with Gasteiger partial charge in [-0.3, -0.25) is 0 Å². The van der Waals surface area contributed by atoms with Gasteiger partial charge in [-0.05, 0) is 63.6 Å². The lowest BCUT2D eigenvalue weighted by Crippen LogP contribution is -2.67. The average molecular weight is 396 g/mol. The summed E-state index contributed by atoms with van der Waals surface area (Å²) in [5, 5.41) is 41.1. The molecule has 1 unspecified atom stereocenters. The number of hydrogen-bond donors (Lipinski definition) is 4. The Morgan fingerprint density at radius 2 is 1.82 bits per heavy atom. The third-order valence-corrected chi connectivity index (χ3v) is 6.33. The fourth-order valence-electron chi connectivity index (χ4n) is 4.16. The smallest absolute Gasteiger partial charge is 0.232 e. The molecule has 1 fully saturated rings. The first-order valence-corrected chi connectivity index (χ1v) is 9.96. The second-order valence-corrected chi connectivity index (χ2v) is 8.07. The molecule has 1 aromatic carbocycles. The van der Waals surface area contributed by atoms with Crippen molar-refractivity contribution in [1.82, 2.24) is 0 Å². The minimum absolute atomic E-state index is 0.108. The summed E-state index contributed by atoms with van der Waals surface area (Å²) in [6.45, 7) is 9.08. The van der Waals surface area contributed by atoms with Gasteiger partial charge in [0.15, 0.2) is 5.60 Å². The summed E-state index contributed by atoms with van der Waals surface area (Å²) in [5.74, 6) is 1.46. The van der Waals surface area contributed by atoms with Crippen LogP contribution in [0.25, 0.3) is 0 Å². The van der Waals surface area contributed by atoms with E-state index in [-0.39, 0.29) is 12.5 Å². The highest BCUT2D eigenvalue weighted by molar-refractivity contribution is 5.58. The molecule has 2 heterocycles. The van der Waals surface area contributed by atoms with Crippen LogP contribution < -0.4 is 9.47 Å². The maximum atomic E-state index is 11.0. The van der Waals surface area contributed by atoms with Gasteiger partial charge in [0.2, 0.25) is 6.29 Å². The van der Waals surface area contributed by atoms with Crippen molar-refractivity contribution in [3.63, 3.8) is 0 Å². The van der Waals surface area contributed by atoms with Gasteiger partial charge in [-0.25, -0.2) is 0 Å². The monoisotopic (exact) mass is 396 g/mol. The topological polar surface area (TPSA) is 109 Å². The molecule has 1 aromatic rings. The average Bonchev–Trinajstić information content (AvgIpc) is 2.69. The van der Waals surface area contributed by atoms with Crippen LogP contribution in [0.2, 0.25) is 0 Å². The van der Waals surface area contributed by atoms with Gasteiger partial charge in [0, 0.05) is 5.56 Å². The molecule has 0 amide bonds. The van der Waals surface area contributed by atoms with Crippen LogP contribution in [0.15, 0.2) is 0 Å². The van der Waals surface area contributed by atoms with Crippen molar-refractivity contribution in [2.24, 2.45) is 0 Å². The summed E-state index contributed by atoms with van der Waals surface area (Å²) < 4.78 is 17.9. The van der Waals surface area contributed by atoms with Gasteiger partial charge >= 0.3 is 0 Å². The molecular weight excluding hydrogens is 364 g/mol. The molecule has 28 heavy (non-hydrogen) atoms. The Balaban J connectivity index is 2.01. The number of aliphatic hydroxyl groups is 4. The van der Waals surface area contributed by atoms with E-state index in [0.717, 1.165) is 40.8 Å². The van der Waals surface area contributed by atoms with Crippen molar-refractivity contribution in [3.8, 4) is 11.5 Å². The van der Waals surface area contributed by atoms with Crippen LogP contribution in [0.5, 0.6) is 11.5 Å². The van der Waals surface area contributed by atoms with E-state index in [1.807, 2.05) is 20.8 Å². The van der Waals surface area contributed by atoms with Crippen molar-refractivity contribution in [2.75, 3.05) is 6.61 Å². The predicted octanol–water partition coefficient (Wildman–Crippen LogP) is 1.28. The highest BCUT2D eigenvalue weighted by Gasteiger charge is 2.55. The van der Waals surface area contributed by atoms with E-state index in [4.69, 9.17) is 14.2 Å². The molecule has 3 rings (SSSR count). The predicted molar refractivity (Wildman–Crippen MR) is 103 cm³/mol. The third kappa shape index (κ3) is 3.29. The summed E-state index contributed by atoms with van der Waals surface area (Å²) in [6.07, 6.45) is -3.14. The largest absolute Gasteiger partial charge is 0.490 e. The Morgan fingerprint density at radius 3 is 2.43 bits per heavy atom. The zero-order chi connectivity index (χ0) is 20.8. The number of benzene rings is 1. The van der Waals surface area contributed by atoms with E-state index < -0.39 is 36.8 Å². The lowest BCUT2D eigenvalue weighted by Gasteiger charge is -2.47. The SMILES string of the molecule is CC[C@]1(O)[C@@H](Oc2c(C)c(C)c3c(c2C)CCC(C)O3)O[C@H](CO)[C@@H](O)[C@@H]1O. The first kappa shape index (κ1) is 21.3. The number of rotatable bonds is 4. The molecular formula is C21H32O7. The molecule has 158 valence electrons. The van der Waals surface area contributed by atoms with E-state index in [1.54, 1.807) is 6.92 Å². The zero-order valence-corrected chi connectivity index (χ0v) is 17.2. The molecule has 0 spiro atoms. The minimum Gasteiger partial charge on any atom is -0.490 e. The van der Waals surface area contributed by atoms with Gasteiger partial charge in [0.25, 0.3) is 0 Å². The van der Waals surface area contributed by atoms with E-state index in [0.29, 0.717) is 5.75 Å². The Kier molecular flexibility index (Phi) is 5.94. The maximum absolute atomic E-state index is 11.0. The summed E-state index contributed by atoms with van der Waals surface area (Å²) in [5.41, 5.74) is 2.02. The van der Waals surface area contributed by atoms with Gasteiger partial charge in [0.05, 0.1) is 12.7 Å². The third-order valence-electron chi connectivity index (χ3n) is 6.33. The number of aliphatic hydroxyl groups excluding tert-OH is 3. The number of ether oxygens (including phenoxy) is 3. The Labute approximate surface area is 165 Å². The fraction of sp³-hybridized carbons (Fsp3) is 0.714. The van der Waals surface area contributed by atoms with E-state index in [1.165, 1.54) is 0 Å². The zero-order valence-electron chi connectivity index (χ0n) is 17.2. The first-order chi connectivity index (χ1) is 13.2. The minimum atomic E-state index is -1.81. The molecule has 0 bridgehead atoms. The van der Waals surface area contributed by atoms with Crippen LogP contribution in [0, 0.1) is 20.8 Å². The highest BCUT2D eigenvalue weighted by atomic mass is 16.7. The second kappa shape index (κ2) is 7.80. The molecule has 0 radical (unpaired) electrons. The number of hydrogen-bond acceptors (Lipinski definition) is 7. The highest BCUT2D eigenvalue weighted by Crippen LogP contribution is 2.43. The number of fused-ring (bicyclic) bond motifs is 1. The van der Waals surface area contributed by atoms with Crippen molar-refractivity contribution in [2.45, 2.75) is 90.2 Å². The normalized spacial score (nSPS) is 35.2. The van der Waals surface area contributed by atoms with E-state index in [2.05, 4.69) is 6.92 Å². The lowest BCUT2D eigenvalue weighted by molar-refractivity contribution is -0.321. The molecule has 4 N–H and O–H groups in total. The van der Waals surface area contributed by atoms with Crippen molar-refractivity contribution in [1.29, 1.82) is 0 Å². The summed E-state index contributed by atoms with van der Waals surface area (Å²) in [7, 11) is 0. The van der Waals surface area contributed by atoms with Crippen molar-refractivity contribution in [3.05, 3.63) is 22.3 Å². The molecule has 2 aliphatic rings.